The van der Waals surface area contributed by atoms with Crippen LogP contribution in [-0.4, -0.2) is 205 Å². The number of hydrogen-bond donors (Lipinski definition) is 5. The first-order valence-corrected chi connectivity index (χ1v) is 38.2. The fourth-order valence-electron chi connectivity index (χ4n) is 12.8. The van der Waals surface area contributed by atoms with E-state index in [1.165, 1.54) is 238 Å². The molecule has 0 aliphatic carbocycles. The van der Waals surface area contributed by atoms with Crippen molar-refractivity contribution in [3.63, 3.8) is 0 Å². The number of unbranched alkanes of at least 4 members (excludes halogenated alkanes) is 35. The van der Waals surface area contributed by atoms with Gasteiger partial charge in [0, 0.05) is 85.1 Å². The van der Waals surface area contributed by atoms with Gasteiger partial charge in [0.15, 0.2) is 0 Å². The Balaban J connectivity index is 2.68. The van der Waals surface area contributed by atoms with Crippen LogP contribution < -0.4 is 0 Å². The molecule has 516 valence electrons. The van der Waals surface area contributed by atoms with E-state index in [0.717, 1.165) is 136 Å². The Labute approximate surface area is 535 Å². The minimum absolute atomic E-state index is 0.158. The van der Waals surface area contributed by atoms with Gasteiger partial charge in [0.2, 0.25) is 0 Å². The number of aliphatic hydroxyl groups excluding tert-OH is 5. The molecule has 0 spiro atoms. The first-order chi connectivity index (χ1) is 42.1. The lowest BCUT2D eigenvalue weighted by Crippen LogP contribution is -2.49. The molecule has 12 heteroatoms. The second-order valence-electron chi connectivity index (χ2n) is 27.5. The average Bonchev–Trinajstić information content (AvgIpc) is 3.56. The van der Waals surface area contributed by atoms with Gasteiger partial charge in [0.05, 0.1) is 56.9 Å². The second kappa shape index (κ2) is 64.6. The molecular weight excluding hydrogens is 1070 g/mol. The zero-order valence-electron chi connectivity index (χ0n) is 58.4. The quantitative estimate of drug-likeness (QED) is 0.0371. The molecule has 1 rings (SSSR count). The van der Waals surface area contributed by atoms with Crippen molar-refractivity contribution in [3.05, 3.63) is 0 Å². The number of piperazine rings is 1. The van der Waals surface area contributed by atoms with Crippen LogP contribution in [0.25, 0.3) is 0 Å². The van der Waals surface area contributed by atoms with Crippen molar-refractivity contribution in [2.45, 2.75) is 354 Å². The van der Waals surface area contributed by atoms with Crippen LogP contribution in [0, 0.1) is 0 Å². The van der Waals surface area contributed by atoms with Crippen LogP contribution in [0.5, 0.6) is 0 Å². The minimum Gasteiger partial charge on any atom is -0.393 e. The van der Waals surface area contributed by atoms with E-state index in [0.29, 0.717) is 39.4 Å². The molecule has 12 nitrogen and oxygen atoms in total. The molecule has 86 heavy (non-hydrogen) atoms. The van der Waals surface area contributed by atoms with Gasteiger partial charge in [-0.25, -0.2) is 0 Å². The molecule has 0 radical (unpaired) electrons. The molecule has 0 aromatic rings. The second-order valence-corrected chi connectivity index (χ2v) is 27.5. The van der Waals surface area contributed by atoms with Gasteiger partial charge in [0.1, 0.15) is 0 Å². The van der Waals surface area contributed by atoms with E-state index in [1.807, 2.05) is 13.8 Å². The van der Waals surface area contributed by atoms with E-state index in [1.54, 1.807) is 0 Å². The topological polar surface area (TPSA) is 136 Å². The van der Waals surface area contributed by atoms with Crippen LogP contribution in [0.15, 0.2) is 0 Å². The number of aliphatic hydroxyl groups is 5. The summed E-state index contributed by atoms with van der Waals surface area (Å²) < 4.78 is 12.8. The van der Waals surface area contributed by atoms with Crippen molar-refractivity contribution in [2.75, 3.05) is 125 Å². The Morgan fingerprint density at radius 1 is 0.279 bits per heavy atom. The van der Waals surface area contributed by atoms with Gasteiger partial charge in [-0.2, -0.15) is 0 Å². The van der Waals surface area contributed by atoms with Crippen LogP contribution in [0.1, 0.15) is 324 Å². The Bertz CT molecular complexity index is 1260. The lowest BCUT2D eigenvalue weighted by Gasteiger charge is -2.36. The molecule has 0 amide bonds. The van der Waals surface area contributed by atoms with Crippen molar-refractivity contribution in [1.29, 1.82) is 0 Å². The lowest BCUT2D eigenvalue weighted by atomic mass is 10.0. The Kier molecular flexibility index (Phi) is 62.8. The number of hydrogen-bond acceptors (Lipinski definition) is 12. The van der Waals surface area contributed by atoms with E-state index in [4.69, 9.17) is 9.47 Å². The summed E-state index contributed by atoms with van der Waals surface area (Å²) in [5, 5.41) is 52.9. The highest BCUT2D eigenvalue weighted by atomic mass is 16.5. The zero-order valence-corrected chi connectivity index (χ0v) is 58.4. The summed E-state index contributed by atoms with van der Waals surface area (Å²) in [6, 6.07) is 0. The lowest BCUT2D eigenvalue weighted by molar-refractivity contribution is 0.0274. The molecule has 5 atom stereocenters. The van der Waals surface area contributed by atoms with Crippen molar-refractivity contribution in [3.8, 4) is 0 Å². The van der Waals surface area contributed by atoms with Gasteiger partial charge in [-0.1, -0.05) is 265 Å². The maximum atomic E-state index is 11.4. The van der Waals surface area contributed by atoms with Gasteiger partial charge in [-0.15, -0.1) is 0 Å². The molecule has 1 aliphatic heterocycles. The highest BCUT2D eigenvalue weighted by Gasteiger charge is 2.20. The Morgan fingerprint density at radius 2 is 0.547 bits per heavy atom. The minimum atomic E-state index is -0.381. The molecular formula is C74H153N5O7. The molecule has 5 N–H and O–H groups in total. The summed E-state index contributed by atoms with van der Waals surface area (Å²) in [6.45, 7) is 27.4. The van der Waals surface area contributed by atoms with Crippen LogP contribution in [-0.2, 0) is 9.47 Å². The van der Waals surface area contributed by atoms with Crippen molar-refractivity contribution < 1.29 is 35.0 Å². The van der Waals surface area contributed by atoms with Crippen molar-refractivity contribution in [2.24, 2.45) is 0 Å². The predicted molar refractivity (Wildman–Crippen MR) is 370 cm³/mol. The fraction of sp³-hybridized carbons (Fsp3) is 1.00. The monoisotopic (exact) mass is 1220 g/mol. The zero-order chi connectivity index (χ0) is 62.4. The smallest absolute Gasteiger partial charge is 0.0667 e. The van der Waals surface area contributed by atoms with E-state index >= 15 is 0 Å². The van der Waals surface area contributed by atoms with E-state index in [2.05, 4.69) is 45.3 Å². The molecule has 0 aromatic carbocycles. The van der Waals surface area contributed by atoms with Crippen LogP contribution >= 0.6 is 0 Å². The third-order valence-corrected chi connectivity index (χ3v) is 18.7. The van der Waals surface area contributed by atoms with Gasteiger partial charge < -0.3 is 39.9 Å². The SMILES string of the molecule is CCCCCCCCCCC(O)CN(CCOCCN(CC(O)CCCCCCCCCC)CC(O)CCCCCCCCCC)CCN1CCN(CCOCCN(CCCCCCCCCCC(C)O)CCCCCCCCCC[C@@H](C)O)CC1. The summed E-state index contributed by atoms with van der Waals surface area (Å²) in [5.74, 6) is 0. The van der Waals surface area contributed by atoms with Gasteiger partial charge in [-0.05, 0) is 71.9 Å². The Morgan fingerprint density at radius 3 is 0.895 bits per heavy atom. The third kappa shape index (κ3) is 58.6. The molecule has 1 saturated heterocycles. The van der Waals surface area contributed by atoms with Crippen LogP contribution in [0.4, 0.5) is 0 Å². The van der Waals surface area contributed by atoms with E-state index in [-0.39, 0.29) is 30.5 Å². The summed E-state index contributed by atoms with van der Waals surface area (Å²) in [4.78, 5) is 12.6. The maximum Gasteiger partial charge on any atom is 0.0667 e. The predicted octanol–water partition coefficient (Wildman–Crippen LogP) is 16.0. The first kappa shape index (κ1) is 83.5. The molecule has 1 fully saturated rings. The fourth-order valence-corrected chi connectivity index (χ4v) is 12.8. The van der Waals surface area contributed by atoms with Gasteiger partial charge >= 0.3 is 0 Å². The standard InChI is InChI=1S/C74H153N5O7/c1-6-9-12-15-18-27-34-41-48-72(82)67-78(61-65-86-66-62-79(68-73(83)49-42-35-28-19-16-13-10-7-2)69-74(84)50-43-36-29-20-17-14-11-8-3)58-57-76-53-55-77(56-54-76)60-64-85-63-59-75(51-44-37-30-23-21-25-32-39-46-70(4)80)52-45-38-31-24-22-26-33-40-47-71(5)81/h70-74,80-84H,6-69H2,1-5H3/t70-,71?,72?,73?,74?/m1/s1. The molecule has 0 aromatic heterocycles. The number of ether oxygens (including phenoxy) is 2. The number of nitrogens with zero attached hydrogens (tertiary/aromatic N) is 5. The summed E-state index contributed by atoms with van der Waals surface area (Å²) in [5.41, 5.74) is 0. The molecule has 0 bridgehead atoms. The Hall–Kier alpha value is -0.480. The van der Waals surface area contributed by atoms with Crippen molar-refractivity contribution >= 4 is 0 Å². The van der Waals surface area contributed by atoms with E-state index in [9.17, 15) is 25.5 Å². The summed E-state index contributed by atoms with van der Waals surface area (Å²) in [7, 11) is 0. The average molecular weight is 1230 g/mol. The van der Waals surface area contributed by atoms with Crippen LogP contribution in [0.2, 0.25) is 0 Å². The summed E-state index contributed by atoms with van der Waals surface area (Å²) >= 11 is 0. The molecule has 1 aliphatic rings. The highest BCUT2D eigenvalue weighted by Crippen LogP contribution is 2.18. The largest absolute Gasteiger partial charge is 0.393 e. The first-order valence-electron chi connectivity index (χ1n) is 38.2. The van der Waals surface area contributed by atoms with E-state index < -0.39 is 0 Å². The van der Waals surface area contributed by atoms with Gasteiger partial charge in [-0.3, -0.25) is 19.6 Å². The van der Waals surface area contributed by atoms with Crippen molar-refractivity contribution in [1.82, 2.24) is 24.5 Å². The molecule has 4 unspecified atom stereocenters. The normalized spacial score (nSPS) is 15.5. The maximum absolute atomic E-state index is 11.4. The van der Waals surface area contributed by atoms with Crippen LogP contribution in [0.3, 0.4) is 0 Å². The molecule has 0 saturated carbocycles. The highest BCUT2D eigenvalue weighted by molar-refractivity contribution is 4.76. The summed E-state index contributed by atoms with van der Waals surface area (Å²) in [6.07, 6.45) is 54.1. The number of rotatable bonds is 70. The molecule has 1 heterocycles. The van der Waals surface area contributed by atoms with Gasteiger partial charge in [0.25, 0.3) is 0 Å². The third-order valence-electron chi connectivity index (χ3n) is 18.7.